The van der Waals surface area contributed by atoms with Gasteiger partial charge in [0.05, 0.1) is 26.4 Å². The molecule has 2 rings (SSSR count). The summed E-state index contributed by atoms with van der Waals surface area (Å²) in [5.74, 6) is 0. The van der Waals surface area contributed by atoms with E-state index < -0.39 is 0 Å². The fourth-order valence-corrected chi connectivity index (χ4v) is 2.05. The normalized spacial score (nSPS) is 10.8. The summed E-state index contributed by atoms with van der Waals surface area (Å²) in [5, 5.41) is 0. The number of hydrogen-bond acceptors (Lipinski definition) is 3. The number of hydrogen-bond donors (Lipinski definition) is 0. The third kappa shape index (κ3) is 8.40. The fourth-order valence-electron chi connectivity index (χ4n) is 2.05. The lowest BCUT2D eigenvalue weighted by Crippen LogP contribution is -2.35. The molecule has 0 bridgehead atoms. The number of pyridine rings is 2. The van der Waals surface area contributed by atoms with Gasteiger partial charge in [-0.05, 0) is 0 Å². The van der Waals surface area contributed by atoms with Gasteiger partial charge in [-0.25, -0.2) is 9.13 Å². The van der Waals surface area contributed by atoms with Gasteiger partial charge >= 0.3 is 0 Å². The molecule has 0 saturated heterocycles. The highest BCUT2D eigenvalue weighted by atomic mass is 16.5. The van der Waals surface area contributed by atoms with Crippen LogP contribution >= 0.6 is 0 Å². The summed E-state index contributed by atoms with van der Waals surface area (Å²) < 4.78 is 20.7. The van der Waals surface area contributed by atoms with Gasteiger partial charge in [-0.15, -0.1) is 0 Å². The molecule has 0 aliphatic heterocycles. The summed E-state index contributed by atoms with van der Waals surface area (Å²) in [6.07, 6.45) is 8.13. The van der Waals surface area contributed by atoms with E-state index in [9.17, 15) is 0 Å². The van der Waals surface area contributed by atoms with Gasteiger partial charge < -0.3 is 14.2 Å². The van der Waals surface area contributed by atoms with Crippen LogP contribution in [0.15, 0.2) is 61.2 Å². The first-order chi connectivity index (χ1) is 11.4. The van der Waals surface area contributed by atoms with Crippen LogP contribution in [0.25, 0.3) is 0 Å². The average molecular weight is 318 g/mol. The SMILES string of the molecule is c1cc[n+](CCOCCOCCOCC[n+]2ccccc2)cc1. The van der Waals surface area contributed by atoms with Gasteiger partial charge in [0.25, 0.3) is 0 Å². The minimum atomic E-state index is 0.607. The maximum absolute atomic E-state index is 5.53. The molecular weight excluding hydrogens is 292 g/mol. The van der Waals surface area contributed by atoms with Gasteiger partial charge in [0.1, 0.15) is 13.2 Å². The van der Waals surface area contributed by atoms with Crippen LogP contribution in [-0.2, 0) is 27.3 Å². The van der Waals surface area contributed by atoms with E-state index in [0.717, 1.165) is 13.1 Å². The Morgan fingerprint density at radius 1 is 0.435 bits per heavy atom. The summed E-state index contributed by atoms with van der Waals surface area (Å²) in [6, 6.07) is 12.1. The topological polar surface area (TPSA) is 35.5 Å². The molecule has 0 aliphatic carbocycles. The highest BCUT2D eigenvalue weighted by Crippen LogP contribution is 1.83. The van der Waals surface area contributed by atoms with E-state index in [1.165, 1.54) is 0 Å². The van der Waals surface area contributed by atoms with E-state index in [0.29, 0.717) is 39.6 Å². The molecule has 0 saturated carbocycles. The van der Waals surface area contributed by atoms with Crippen LogP contribution in [0.5, 0.6) is 0 Å². The van der Waals surface area contributed by atoms with Gasteiger partial charge in [0.15, 0.2) is 37.9 Å². The van der Waals surface area contributed by atoms with E-state index in [-0.39, 0.29) is 0 Å². The van der Waals surface area contributed by atoms with Crippen molar-refractivity contribution < 1.29 is 23.3 Å². The smallest absolute Gasteiger partial charge is 0.171 e. The quantitative estimate of drug-likeness (QED) is 0.433. The summed E-state index contributed by atoms with van der Waals surface area (Å²) in [4.78, 5) is 0. The maximum Gasteiger partial charge on any atom is 0.171 e. The predicted molar refractivity (Wildman–Crippen MR) is 85.7 cm³/mol. The molecule has 0 spiro atoms. The predicted octanol–water partition coefficient (Wildman–Crippen LogP) is 1.01. The Kier molecular flexibility index (Phi) is 8.93. The highest BCUT2D eigenvalue weighted by Gasteiger charge is 1.99. The third-order valence-corrected chi connectivity index (χ3v) is 3.29. The van der Waals surface area contributed by atoms with Gasteiger partial charge in [-0.2, -0.15) is 0 Å². The van der Waals surface area contributed by atoms with Crippen molar-refractivity contribution in [3.8, 4) is 0 Å². The zero-order chi connectivity index (χ0) is 16.0. The van der Waals surface area contributed by atoms with Crippen molar-refractivity contribution in [1.82, 2.24) is 0 Å². The van der Waals surface area contributed by atoms with Crippen molar-refractivity contribution in [1.29, 1.82) is 0 Å². The first-order valence-electron chi connectivity index (χ1n) is 8.06. The zero-order valence-electron chi connectivity index (χ0n) is 13.5. The Hall–Kier alpha value is -1.82. The Bertz CT molecular complexity index is 461. The lowest BCUT2D eigenvalue weighted by Gasteiger charge is -2.05. The number of nitrogens with zero attached hydrogens (tertiary/aromatic N) is 2. The monoisotopic (exact) mass is 318 g/mol. The van der Waals surface area contributed by atoms with Gasteiger partial charge in [-0.1, -0.05) is 12.1 Å². The number of ether oxygens (including phenoxy) is 3. The molecule has 124 valence electrons. The second kappa shape index (κ2) is 11.7. The Morgan fingerprint density at radius 3 is 1.17 bits per heavy atom. The largest absolute Gasteiger partial charge is 0.377 e. The molecule has 0 aromatic carbocycles. The molecule has 2 aromatic rings. The summed E-state index contributed by atoms with van der Waals surface area (Å²) in [7, 11) is 0. The first kappa shape index (κ1) is 17.5. The van der Waals surface area contributed by atoms with E-state index in [4.69, 9.17) is 14.2 Å². The summed E-state index contributed by atoms with van der Waals surface area (Å²) in [5.41, 5.74) is 0. The zero-order valence-corrected chi connectivity index (χ0v) is 13.5. The molecule has 0 N–H and O–H groups in total. The lowest BCUT2D eigenvalue weighted by molar-refractivity contribution is -0.698. The lowest BCUT2D eigenvalue weighted by atomic mass is 10.5. The van der Waals surface area contributed by atoms with Gasteiger partial charge in [0.2, 0.25) is 0 Å². The van der Waals surface area contributed by atoms with Crippen molar-refractivity contribution in [2.75, 3.05) is 39.6 Å². The molecule has 0 atom stereocenters. The van der Waals surface area contributed by atoms with Gasteiger partial charge in [-0.3, -0.25) is 0 Å². The second-order valence-electron chi connectivity index (χ2n) is 5.06. The molecule has 2 aromatic heterocycles. The van der Waals surface area contributed by atoms with E-state index in [1.54, 1.807) is 0 Å². The van der Waals surface area contributed by atoms with E-state index >= 15 is 0 Å². The fraction of sp³-hybridized carbons (Fsp3) is 0.444. The third-order valence-electron chi connectivity index (χ3n) is 3.29. The van der Waals surface area contributed by atoms with Crippen LogP contribution in [0.4, 0.5) is 0 Å². The minimum Gasteiger partial charge on any atom is -0.377 e. The minimum absolute atomic E-state index is 0.607. The molecule has 0 amide bonds. The van der Waals surface area contributed by atoms with E-state index in [1.807, 2.05) is 61.2 Å². The first-order valence-corrected chi connectivity index (χ1v) is 8.06. The molecule has 0 unspecified atom stereocenters. The molecule has 5 nitrogen and oxygen atoms in total. The second-order valence-corrected chi connectivity index (χ2v) is 5.06. The Balaban J connectivity index is 1.34. The highest BCUT2D eigenvalue weighted by molar-refractivity contribution is 4.84. The summed E-state index contributed by atoms with van der Waals surface area (Å²) >= 11 is 0. The average Bonchev–Trinajstić information content (AvgIpc) is 2.61. The van der Waals surface area contributed by atoms with Crippen molar-refractivity contribution in [3.63, 3.8) is 0 Å². The van der Waals surface area contributed by atoms with Crippen molar-refractivity contribution in [2.24, 2.45) is 0 Å². The molecular formula is C18H26N2O3+2. The Morgan fingerprint density at radius 2 is 0.783 bits per heavy atom. The van der Waals surface area contributed by atoms with Crippen LogP contribution in [0.2, 0.25) is 0 Å². The van der Waals surface area contributed by atoms with Crippen molar-refractivity contribution >= 4 is 0 Å². The van der Waals surface area contributed by atoms with Crippen molar-refractivity contribution in [2.45, 2.75) is 13.1 Å². The van der Waals surface area contributed by atoms with Crippen LogP contribution in [0.1, 0.15) is 0 Å². The van der Waals surface area contributed by atoms with E-state index in [2.05, 4.69) is 9.13 Å². The maximum atomic E-state index is 5.53. The van der Waals surface area contributed by atoms with Crippen LogP contribution in [0, 0.1) is 0 Å². The van der Waals surface area contributed by atoms with Crippen LogP contribution < -0.4 is 9.13 Å². The van der Waals surface area contributed by atoms with Crippen LogP contribution in [0.3, 0.4) is 0 Å². The molecule has 0 aliphatic rings. The molecule has 0 radical (unpaired) electrons. The number of rotatable bonds is 12. The Labute approximate surface area is 138 Å². The molecule has 23 heavy (non-hydrogen) atoms. The molecule has 0 fully saturated rings. The summed E-state index contributed by atoms with van der Waals surface area (Å²) in [6.45, 7) is 5.57. The molecule has 5 heteroatoms. The van der Waals surface area contributed by atoms with Crippen molar-refractivity contribution in [3.05, 3.63) is 61.2 Å². The van der Waals surface area contributed by atoms with Crippen LogP contribution in [-0.4, -0.2) is 39.6 Å². The van der Waals surface area contributed by atoms with Gasteiger partial charge in [0, 0.05) is 24.3 Å². The molecule has 2 heterocycles. The number of aromatic nitrogens is 2. The standard InChI is InChI=1S/C18H26N2O3/c1-3-7-19(8-4-1)11-13-21-15-17-23-18-16-22-14-12-20-9-5-2-6-10-20/h1-10H,11-18H2/q+2.